The van der Waals surface area contributed by atoms with E-state index in [4.69, 9.17) is 23.2 Å². The quantitative estimate of drug-likeness (QED) is 0.335. The van der Waals surface area contributed by atoms with Gasteiger partial charge in [-0.1, -0.05) is 47.5 Å². The van der Waals surface area contributed by atoms with Crippen LogP contribution < -0.4 is 5.32 Å². The van der Waals surface area contributed by atoms with Gasteiger partial charge in [0, 0.05) is 46.5 Å². The molecule has 33 heavy (non-hydrogen) atoms. The van der Waals surface area contributed by atoms with Crippen molar-refractivity contribution in [2.75, 3.05) is 18.4 Å². The fraction of sp³-hybridized carbons (Fsp3) is 0.296. The van der Waals surface area contributed by atoms with Crippen molar-refractivity contribution in [2.45, 2.75) is 32.9 Å². The third-order valence-corrected chi connectivity index (χ3v) is 7.44. The molecule has 2 heterocycles. The third kappa shape index (κ3) is 4.48. The number of benzene rings is 3. The minimum Gasteiger partial charge on any atom is -0.341 e. The van der Waals surface area contributed by atoms with Crippen LogP contribution in [0.15, 0.2) is 60.7 Å². The molecule has 1 saturated heterocycles. The number of amides is 1. The Morgan fingerprint density at radius 2 is 1.70 bits per heavy atom. The maximum Gasteiger partial charge on any atom is 0.227 e. The van der Waals surface area contributed by atoms with E-state index in [-0.39, 0.29) is 11.8 Å². The number of carbonyl (C=O) groups excluding carboxylic acids is 1. The summed E-state index contributed by atoms with van der Waals surface area (Å²) in [4.78, 5) is 15.4. The van der Waals surface area contributed by atoms with E-state index in [0.717, 1.165) is 50.3 Å². The number of aryl methyl sites for hydroxylation is 1. The summed E-state index contributed by atoms with van der Waals surface area (Å²) in [7, 11) is 0. The molecule has 6 heteroatoms. The summed E-state index contributed by atoms with van der Waals surface area (Å²) >= 11 is 12.2. The number of carbonyl (C=O) groups is 1. The Hall–Kier alpha value is -2.53. The molecule has 1 fully saturated rings. The average Bonchev–Trinajstić information content (AvgIpc) is 3.15. The van der Waals surface area contributed by atoms with Crippen molar-refractivity contribution >= 4 is 56.6 Å². The number of hydrogen-bond acceptors (Lipinski definition) is 2. The van der Waals surface area contributed by atoms with E-state index >= 15 is 0 Å². The highest BCUT2D eigenvalue weighted by Crippen LogP contribution is 2.31. The molecular weight excluding hydrogens is 453 g/mol. The Kier molecular flexibility index (Phi) is 6.33. The normalized spacial score (nSPS) is 15.4. The van der Waals surface area contributed by atoms with Gasteiger partial charge in [0.05, 0.1) is 10.0 Å². The minimum atomic E-state index is 0.0303. The first-order valence-electron chi connectivity index (χ1n) is 11.5. The first kappa shape index (κ1) is 22.3. The predicted octanol–water partition coefficient (Wildman–Crippen LogP) is 6.97. The van der Waals surface area contributed by atoms with Gasteiger partial charge in [-0.25, -0.2) is 0 Å². The molecule has 4 nitrogen and oxygen atoms in total. The number of aromatic nitrogens is 1. The molecule has 1 N–H and O–H groups in total. The maximum absolute atomic E-state index is 13.0. The molecule has 3 aromatic carbocycles. The van der Waals surface area contributed by atoms with Crippen LogP contribution in [0.2, 0.25) is 10.0 Å². The number of para-hydroxylation sites is 1. The molecule has 1 aromatic heterocycles. The molecule has 170 valence electrons. The van der Waals surface area contributed by atoms with Gasteiger partial charge in [-0.2, -0.15) is 0 Å². The highest BCUT2D eigenvalue weighted by atomic mass is 35.5. The molecule has 0 atom stereocenters. The monoisotopic (exact) mass is 479 g/mol. The van der Waals surface area contributed by atoms with Crippen LogP contribution in [-0.4, -0.2) is 28.5 Å². The summed E-state index contributed by atoms with van der Waals surface area (Å²) in [5.41, 5.74) is 4.44. The molecule has 4 aromatic rings. The predicted molar refractivity (Wildman–Crippen MR) is 138 cm³/mol. The van der Waals surface area contributed by atoms with E-state index in [1.165, 1.54) is 21.8 Å². The van der Waals surface area contributed by atoms with Crippen LogP contribution in [0.3, 0.4) is 0 Å². The van der Waals surface area contributed by atoms with Gasteiger partial charge in [-0.3, -0.25) is 9.69 Å². The van der Waals surface area contributed by atoms with Crippen molar-refractivity contribution in [1.82, 2.24) is 9.47 Å². The SMILES string of the molecule is CCn1c2ccccc2c2cc(NC(=O)C3CCN(Cc4ccc(Cl)c(Cl)c4)CC3)ccc21. The number of fused-ring (bicyclic) bond motifs is 3. The number of piperidine rings is 1. The first-order chi connectivity index (χ1) is 16.0. The summed E-state index contributed by atoms with van der Waals surface area (Å²) in [5.74, 6) is 0.144. The molecule has 1 aliphatic rings. The number of nitrogens with zero attached hydrogens (tertiary/aromatic N) is 2. The average molecular weight is 480 g/mol. The van der Waals surface area contributed by atoms with E-state index in [2.05, 4.69) is 58.1 Å². The van der Waals surface area contributed by atoms with Crippen LogP contribution in [-0.2, 0) is 17.9 Å². The smallest absolute Gasteiger partial charge is 0.227 e. The first-order valence-corrected chi connectivity index (χ1v) is 12.3. The second-order valence-electron chi connectivity index (χ2n) is 8.78. The number of nitrogens with one attached hydrogen (secondary N) is 1. The Bertz CT molecular complexity index is 1320. The Labute approximate surface area is 204 Å². The molecule has 0 saturated carbocycles. The van der Waals surface area contributed by atoms with Gasteiger partial charge in [0.1, 0.15) is 0 Å². The number of likely N-dealkylation sites (tertiary alicyclic amines) is 1. The molecular formula is C27H27Cl2N3O. The van der Waals surface area contributed by atoms with Crippen LogP contribution in [0, 0.1) is 5.92 Å². The van der Waals surface area contributed by atoms with Crippen LogP contribution in [0.25, 0.3) is 21.8 Å². The van der Waals surface area contributed by atoms with Gasteiger partial charge in [0.2, 0.25) is 5.91 Å². The largest absolute Gasteiger partial charge is 0.341 e. The fourth-order valence-corrected chi connectivity index (χ4v) is 5.29. The molecule has 0 unspecified atom stereocenters. The van der Waals surface area contributed by atoms with Crippen molar-refractivity contribution in [2.24, 2.45) is 5.92 Å². The molecule has 5 rings (SSSR count). The van der Waals surface area contributed by atoms with Gasteiger partial charge in [-0.05, 0) is 74.8 Å². The van der Waals surface area contributed by atoms with Gasteiger partial charge in [0.25, 0.3) is 0 Å². The lowest BCUT2D eigenvalue weighted by Crippen LogP contribution is -2.37. The van der Waals surface area contributed by atoms with Crippen LogP contribution >= 0.6 is 23.2 Å². The number of hydrogen-bond donors (Lipinski definition) is 1. The van der Waals surface area contributed by atoms with Crippen LogP contribution in [0.4, 0.5) is 5.69 Å². The van der Waals surface area contributed by atoms with Crippen molar-refractivity contribution < 1.29 is 4.79 Å². The van der Waals surface area contributed by atoms with E-state index < -0.39 is 0 Å². The van der Waals surface area contributed by atoms with Gasteiger partial charge in [0.15, 0.2) is 0 Å². The van der Waals surface area contributed by atoms with Crippen molar-refractivity contribution in [1.29, 1.82) is 0 Å². The van der Waals surface area contributed by atoms with Crippen molar-refractivity contribution in [3.05, 3.63) is 76.3 Å². The number of rotatable bonds is 5. The molecule has 0 bridgehead atoms. The molecule has 0 spiro atoms. The van der Waals surface area contributed by atoms with Crippen LogP contribution in [0.1, 0.15) is 25.3 Å². The van der Waals surface area contributed by atoms with Gasteiger partial charge in [-0.15, -0.1) is 0 Å². The Balaban J connectivity index is 1.25. The topological polar surface area (TPSA) is 37.3 Å². The highest BCUT2D eigenvalue weighted by molar-refractivity contribution is 6.42. The highest BCUT2D eigenvalue weighted by Gasteiger charge is 2.25. The van der Waals surface area contributed by atoms with E-state index in [1.807, 2.05) is 24.3 Å². The lowest BCUT2D eigenvalue weighted by atomic mass is 9.95. The molecule has 1 amide bonds. The molecule has 0 radical (unpaired) electrons. The summed E-state index contributed by atoms with van der Waals surface area (Å²) in [5, 5.41) is 6.74. The zero-order valence-electron chi connectivity index (χ0n) is 18.7. The molecule has 1 aliphatic heterocycles. The van der Waals surface area contributed by atoms with Gasteiger partial charge >= 0.3 is 0 Å². The lowest BCUT2D eigenvalue weighted by molar-refractivity contribution is -0.121. The fourth-order valence-electron chi connectivity index (χ4n) is 4.97. The van der Waals surface area contributed by atoms with Crippen molar-refractivity contribution in [3.63, 3.8) is 0 Å². The van der Waals surface area contributed by atoms with Gasteiger partial charge < -0.3 is 9.88 Å². The second kappa shape index (κ2) is 9.38. The van der Waals surface area contributed by atoms with E-state index in [9.17, 15) is 4.79 Å². The molecule has 0 aliphatic carbocycles. The summed E-state index contributed by atoms with van der Waals surface area (Å²) < 4.78 is 2.32. The van der Waals surface area contributed by atoms with E-state index in [1.54, 1.807) is 0 Å². The lowest BCUT2D eigenvalue weighted by Gasteiger charge is -2.31. The number of anilines is 1. The van der Waals surface area contributed by atoms with Crippen LogP contribution in [0.5, 0.6) is 0 Å². The second-order valence-corrected chi connectivity index (χ2v) is 9.60. The zero-order chi connectivity index (χ0) is 22.9. The third-order valence-electron chi connectivity index (χ3n) is 6.70. The number of halogens is 2. The standard InChI is InChI=1S/C27H27Cl2N3O/c1-2-32-25-6-4-3-5-21(25)22-16-20(8-10-26(22)32)30-27(33)19-11-13-31(14-12-19)17-18-7-9-23(28)24(29)15-18/h3-10,15-16,19H,2,11-14,17H2,1H3,(H,30,33). The maximum atomic E-state index is 13.0. The van der Waals surface area contributed by atoms with E-state index in [0.29, 0.717) is 10.0 Å². The Morgan fingerprint density at radius 1 is 0.939 bits per heavy atom. The summed E-state index contributed by atoms with van der Waals surface area (Å²) in [6.45, 7) is 5.68. The summed E-state index contributed by atoms with van der Waals surface area (Å²) in [6.07, 6.45) is 1.70. The Morgan fingerprint density at radius 3 is 2.45 bits per heavy atom. The zero-order valence-corrected chi connectivity index (χ0v) is 20.2. The summed E-state index contributed by atoms with van der Waals surface area (Å²) in [6, 6.07) is 20.5. The van der Waals surface area contributed by atoms with Crippen molar-refractivity contribution in [3.8, 4) is 0 Å². The minimum absolute atomic E-state index is 0.0303.